The fraction of sp³-hybridized carbons (Fsp3) is 1.00. The van der Waals surface area contributed by atoms with Crippen molar-refractivity contribution >= 4 is 0 Å². The highest BCUT2D eigenvalue weighted by Gasteiger charge is 2.35. The maximum atomic E-state index is 9.01. The first-order valence-corrected chi connectivity index (χ1v) is 5.82. The van der Waals surface area contributed by atoms with Crippen LogP contribution in [0, 0.1) is 11.3 Å². The fourth-order valence-corrected chi connectivity index (χ4v) is 2.58. The number of piperidine rings is 1. The summed E-state index contributed by atoms with van der Waals surface area (Å²) in [6.45, 7) is 11.9. The van der Waals surface area contributed by atoms with E-state index in [1.807, 2.05) is 0 Å². The number of rotatable bonds is 3. The molecular weight excluding hydrogens is 174 g/mol. The van der Waals surface area contributed by atoms with Crippen molar-refractivity contribution in [2.24, 2.45) is 11.3 Å². The predicted octanol–water partition coefficient (Wildman–Crippen LogP) is 2.13. The average molecular weight is 199 g/mol. The first-order chi connectivity index (χ1) is 6.47. The number of aliphatic hydroxyl groups is 1. The molecule has 2 heteroatoms. The van der Waals surface area contributed by atoms with Gasteiger partial charge in [-0.2, -0.15) is 0 Å². The lowest BCUT2D eigenvalue weighted by atomic mass is 9.72. The quantitative estimate of drug-likeness (QED) is 0.752. The molecule has 1 rings (SSSR count). The molecule has 2 nitrogen and oxygen atoms in total. The van der Waals surface area contributed by atoms with E-state index < -0.39 is 0 Å². The van der Waals surface area contributed by atoms with Gasteiger partial charge < -0.3 is 10.0 Å². The summed E-state index contributed by atoms with van der Waals surface area (Å²) in [4.78, 5) is 2.55. The number of nitrogens with zero attached hydrogens (tertiary/aromatic N) is 1. The highest BCUT2D eigenvalue weighted by atomic mass is 16.3. The molecule has 1 heterocycles. The molecule has 0 aliphatic carbocycles. The molecule has 1 atom stereocenters. The molecule has 0 spiro atoms. The molecule has 0 aromatic carbocycles. The minimum absolute atomic E-state index is 0.343. The summed E-state index contributed by atoms with van der Waals surface area (Å²) in [6, 6.07) is 0.657. The number of likely N-dealkylation sites (tertiary alicyclic amines) is 1. The summed E-state index contributed by atoms with van der Waals surface area (Å²) in [6.07, 6.45) is 2.21. The highest BCUT2D eigenvalue weighted by Crippen LogP contribution is 2.37. The lowest BCUT2D eigenvalue weighted by molar-refractivity contribution is 0.0248. The van der Waals surface area contributed by atoms with Gasteiger partial charge in [0.25, 0.3) is 0 Å². The zero-order valence-electron chi connectivity index (χ0n) is 10.1. The number of hydrogen-bond donors (Lipinski definition) is 1. The Kier molecular flexibility index (Phi) is 3.96. The van der Waals surface area contributed by atoms with Crippen molar-refractivity contribution < 1.29 is 5.11 Å². The normalized spacial score (nSPS) is 28.3. The minimum Gasteiger partial charge on any atom is -0.396 e. The van der Waals surface area contributed by atoms with E-state index in [0.717, 1.165) is 6.42 Å². The van der Waals surface area contributed by atoms with Crippen LogP contribution in [0.5, 0.6) is 0 Å². The van der Waals surface area contributed by atoms with Crippen molar-refractivity contribution in [3.63, 3.8) is 0 Å². The summed E-state index contributed by atoms with van der Waals surface area (Å²) in [5.41, 5.74) is 0.366. The van der Waals surface area contributed by atoms with Crippen LogP contribution in [0.3, 0.4) is 0 Å². The lowest BCUT2D eigenvalue weighted by Gasteiger charge is -2.46. The molecule has 1 N–H and O–H groups in total. The van der Waals surface area contributed by atoms with E-state index in [2.05, 4.69) is 32.6 Å². The second-order valence-electron chi connectivity index (χ2n) is 5.55. The van der Waals surface area contributed by atoms with Crippen LogP contribution in [0.15, 0.2) is 0 Å². The molecule has 0 amide bonds. The predicted molar refractivity (Wildman–Crippen MR) is 60.3 cm³/mol. The summed E-state index contributed by atoms with van der Waals surface area (Å²) >= 11 is 0. The SMILES string of the molecule is CC(C)N1CCC(CCO)C(C)(C)C1. The van der Waals surface area contributed by atoms with E-state index in [-0.39, 0.29) is 0 Å². The first kappa shape index (κ1) is 12.0. The van der Waals surface area contributed by atoms with E-state index in [1.165, 1.54) is 19.5 Å². The van der Waals surface area contributed by atoms with Gasteiger partial charge in [-0.25, -0.2) is 0 Å². The molecule has 0 saturated carbocycles. The van der Waals surface area contributed by atoms with E-state index in [9.17, 15) is 0 Å². The molecule has 0 bridgehead atoms. The van der Waals surface area contributed by atoms with Crippen LogP contribution in [-0.4, -0.2) is 35.7 Å². The molecule has 1 saturated heterocycles. The minimum atomic E-state index is 0.343. The smallest absolute Gasteiger partial charge is 0.0433 e. The summed E-state index contributed by atoms with van der Waals surface area (Å²) in [7, 11) is 0. The molecule has 1 unspecified atom stereocenters. The van der Waals surface area contributed by atoms with E-state index in [0.29, 0.717) is 24.0 Å². The largest absolute Gasteiger partial charge is 0.396 e. The second-order valence-corrected chi connectivity index (χ2v) is 5.55. The zero-order chi connectivity index (χ0) is 10.8. The van der Waals surface area contributed by atoms with Crippen LogP contribution in [0.4, 0.5) is 0 Å². The van der Waals surface area contributed by atoms with Gasteiger partial charge in [-0.3, -0.25) is 0 Å². The van der Waals surface area contributed by atoms with Crippen molar-refractivity contribution in [3.05, 3.63) is 0 Å². The van der Waals surface area contributed by atoms with Gasteiger partial charge in [-0.05, 0) is 44.6 Å². The van der Waals surface area contributed by atoms with E-state index in [4.69, 9.17) is 5.11 Å². The Labute approximate surface area is 88.3 Å². The maximum Gasteiger partial charge on any atom is 0.0433 e. The van der Waals surface area contributed by atoms with Gasteiger partial charge in [0, 0.05) is 19.2 Å². The molecule has 0 aromatic heterocycles. The fourth-order valence-electron chi connectivity index (χ4n) is 2.58. The van der Waals surface area contributed by atoms with Gasteiger partial charge in [0.2, 0.25) is 0 Å². The van der Waals surface area contributed by atoms with Crippen LogP contribution < -0.4 is 0 Å². The summed E-state index contributed by atoms with van der Waals surface area (Å²) in [5, 5.41) is 9.01. The Morgan fingerprint density at radius 3 is 2.50 bits per heavy atom. The van der Waals surface area contributed by atoms with Gasteiger partial charge in [0.15, 0.2) is 0 Å². The summed E-state index contributed by atoms with van der Waals surface area (Å²) < 4.78 is 0. The third-order valence-corrected chi connectivity index (χ3v) is 3.69. The topological polar surface area (TPSA) is 23.5 Å². The van der Waals surface area contributed by atoms with Crippen molar-refractivity contribution in [1.82, 2.24) is 4.90 Å². The third kappa shape index (κ3) is 2.71. The Bertz CT molecular complexity index is 177. The monoisotopic (exact) mass is 199 g/mol. The van der Waals surface area contributed by atoms with Crippen LogP contribution in [0.1, 0.15) is 40.5 Å². The Morgan fingerprint density at radius 2 is 2.07 bits per heavy atom. The van der Waals surface area contributed by atoms with Gasteiger partial charge in [0.1, 0.15) is 0 Å². The Hall–Kier alpha value is -0.0800. The van der Waals surface area contributed by atoms with Crippen LogP contribution in [-0.2, 0) is 0 Å². The van der Waals surface area contributed by atoms with Gasteiger partial charge in [0.05, 0.1) is 0 Å². The van der Waals surface area contributed by atoms with E-state index in [1.54, 1.807) is 0 Å². The molecule has 0 radical (unpaired) electrons. The maximum absolute atomic E-state index is 9.01. The van der Waals surface area contributed by atoms with Crippen molar-refractivity contribution in [2.45, 2.75) is 46.6 Å². The van der Waals surface area contributed by atoms with Gasteiger partial charge in [-0.15, -0.1) is 0 Å². The Balaban J connectivity index is 2.56. The van der Waals surface area contributed by atoms with Crippen molar-refractivity contribution in [1.29, 1.82) is 0 Å². The molecule has 0 aromatic rings. The van der Waals surface area contributed by atoms with Crippen LogP contribution >= 0.6 is 0 Å². The van der Waals surface area contributed by atoms with Gasteiger partial charge in [-0.1, -0.05) is 13.8 Å². The number of hydrogen-bond acceptors (Lipinski definition) is 2. The van der Waals surface area contributed by atoms with Crippen LogP contribution in [0.25, 0.3) is 0 Å². The van der Waals surface area contributed by atoms with Crippen molar-refractivity contribution in [2.75, 3.05) is 19.7 Å². The standard InChI is InChI=1S/C12H25NO/c1-10(2)13-7-5-11(6-8-14)12(3,4)9-13/h10-11,14H,5-9H2,1-4H3. The molecular formula is C12H25NO. The number of aliphatic hydroxyl groups excluding tert-OH is 1. The first-order valence-electron chi connectivity index (χ1n) is 5.82. The van der Waals surface area contributed by atoms with Gasteiger partial charge >= 0.3 is 0 Å². The molecule has 1 fully saturated rings. The highest BCUT2D eigenvalue weighted by molar-refractivity contribution is 4.87. The molecule has 14 heavy (non-hydrogen) atoms. The summed E-state index contributed by atoms with van der Waals surface area (Å²) in [5.74, 6) is 0.697. The molecule has 1 aliphatic heterocycles. The molecule has 1 aliphatic rings. The van der Waals surface area contributed by atoms with E-state index >= 15 is 0 Å². The third-order valence-electron chi connectivity index (χ3n) is 3.69. The zero-order valence-corrected chi connectivity index (χ0v) is 10.1. The Morgan fingerprint density at radius 1 is 1.43 bits per heavy atom. The second kappa shape index (κ2) is 4.63. The van der Waals surface area contributed by atoms with Crippen LogP contribution in [0.2, 0.25) is 0 Å². The molecule has 84 valence electrons. The van der Waals surface area contributed by atoms with Crippen molar-refractivity contribution in [3.8, 4) is 0 Å². The average Bonchev–Trinajstić information content (AvgIpc) is 2.08. The lowest BCUT2D eigenvalue weighted by Crippen LogP contribution is -2.48.